The third kappa shape index (κ3) is 74.9. The maximum absolute atomic E-state index is 13.1. The van der Waals surface area contributed by atoms with Gasteiger partial charge in [-0.15, -0.1) is 0 Å². The molecule has 0 heterocycles. The summed E-state index contributed by atoms with van der Waals surface area (Å²) in [7, 11) is -10.00. The van der Waals surface area contributed by atoms with Gasteiger partial charge in [-0.25, -0.2) is 9.13 Å². The lowest BCUT2D eigenvalue weighted by Gasteiger charge is -2.21. The Morgan fingerprint density at radius 2 is 0.510 bits per heavy atom. The Balaban J connectivity index is 5.47. The molecule has 5 unspecified atom stereocenters. The lowest BCUT2D eigenvalue weighted by molar-refractivity contribution is -0.161. The van der Waals surface area contributed by atoms with E-state index in [9.17, 15) is 43.2 Å². The van der Waals surface area contributed by atoms with Crippen LogP contribution in [0.25, 0.3) is 0 Å². The molecule has 592 valence electrons. The third-order valence-corrected chi connectivity index (χ3v) is 17.9. The van der Waals surface area contributed by atoms with Gasteiger partial charge in [0, 0.05) is 25.7 Å². The summed E-state index contributed by atoms with van der Waals surface area (Å²) in [6.45, 7) is 4.40. The first-order chi connectivity index (χ1) is 50.7. The van der Waals surface area contributed by atoms with Gasteiger partial charge in [-0.2, -0.15) is 0 Å². The number of hydrogen-bond donors (Lipinski definition) is 3. The Hall–Kier alpha value is -5.32. The van der Waals surface area contributed by atoms with Crippen LogP contribution in [-0.2, 0) is 65.4 Å². The van der Waals surface area contributed by atoms with Crippen molar-refractivity contribution in [3.63, 3.8) is 0 Å². The first-order valence-corrected chi connectivity index (χ1v) is 42.7. The van der Waals surface area contributed by atoms with Crippen molar-refractivity contribution in [1.29, 1.82) is 0 Å². The van der Waals surface area contributed by atoms with Crippen molar-refractivity contribution >= 4 is 39.5 Å². The number of carbonyl (C=O) groups excluding carboxylic acids is 4. The van der Waals surface area contributed by atoms with E-state index in [0.29, 0.717) is 38.5 Å². The average molecular weight is 1500 g/mol. The molecule has 0 aliphatic rings. The van der Waals surface area contributed by atoms with Crippen LogP contribution in [0.4, 0.5) is 0 Å². The van der Waals surface area contributed by atoms with Gasteiger partial charge in [-0.3, -0.25) is 37.3 Å². The van der Waals surface area contributed by atoms with Crippen molar-refractivity contribution in [3.8, 4) is 0 Å². The molecule has 0 rings (SSSR count). The van der Waals surface area contributed by atoms with Crippen LogP contribution < -0.4 is 0 Å². The molecule has 5 atom stereocenters. The molecule has 17 nitrogen and oxygen atoms in total. The summed E-state index contributed by atoms with van der Waals surface area (Å²) in [5.41, 5.74) is 0. The second-order valence-electron chi connectivity index (χ2n) is 25.9. The fraction of sp³-hybridized carbons (Fsp3) is 0.647. The number of phosphoric acid groups is 2. The number of hydrogen-bond acceptors (Lipinski definition) is 15. The van der Waals surface area contributed by atoms with Crippen molar-refractivity contribution < 1.29 is 80.2 Å². The highest BCUT2D eigenvalue weighted by Crippen LogP contribution is 2.45. The van der Waals surface area contributed by atoms with Crippen LogP contribution in [0.1, 0.15) is 297 Å². The molecule has 0 spiro atoms. The number of esters is 4. The molecule has 0 radical (unpaired) electrons. The van der Waals surface area contributed by atoms with E-state index in [1.807, 2.05) is 24.3 Å². The van der Waals surface area contributed by atoms with Gasteiger partial charge in [0.15, 0.2) is 12.2 Å². The molecule has 0 aromatic heterocycles. The highest BCUT2D eigenvalue weighted by Gasteiger charge is 2.30. The van der Waals surface area contributed by atoms with Crippen LogP contribution in [0, 0.1) is 0 Å². The zero-order valence-corrected chi connectivity index (χ0v) is 66.4. The van der Waals surface area contributed by atoms with Gasteiger partial charge in [0.05, 0.1) is 26.4 Å². The number of aliphatic hydroxyl groups is 1. The normalized spacial score (nSPS) is 14.7. The summed E-state index contributed by atoms with van der Waals surface area (Å²) in [5.74, 6) is -2.32. The Morgan fingerprint density at radius 1 is 0.279 bits per heavy atom. The largest absolute Gasteiger partial charge is 0.472 e. The predicted octanol–water partition coefficient (Wildman–Crippen LogP) is 23.2. The van der Waals surface area contributed by atoms with Gasteiger partial charge in [-0.1, -0.05) is 295 Å². The van der Waals surface area contributed by atoms with E-state index in [1.165, 1.54) is 51.4 Å². The van der Waals surface area contributed by atoms with E-state index < -0.39 is 97.5 Å². The molecule has 19 heteroatoms. The second-order valence-corrected chi connectivity index (χ2v) is 28.8. The summed E-state index contributed by atoms with van der Waals surface area (Å²) >= 11 is 0. The monoisotopic (exact) mass is 1490 g/mol. The first-order valence-electron chi connectivity index (χ1n) is 39.7. The summed E-state index contributed by atoms with van der Waals surface area (Å²) < 4.78 is 68.5. The number of phosphoric ester groups is 2. The van der Waals surface area contributed by atoms with E-state index in [1.54, 1.807) is 0 Å². The maximum atomic E-state index is 13.1. The fourth-order valence-electron chi connectivity index (χ4n) is 10.1. The van der Waals surface area contributed by atoms with Crippen LogP contribution in [-0.4, -0.2) is 96.7 Å². The van der Waals surface area contributed by atoms with Crippen molar-refractivity contribution in [2.45, 2.75) is 316 Å². The van der Waals surface area contributed by atoms with Crippen LogP contribution in [0.5, 0.6) is 0 Å². The smallest absolute Gasteiger partial charge is 0.462 e. The lowest BCUT2D eigenvalue weighted by Crippen LogP contribution is -2.30. The summed E-state index contributed by atoms with van der Waals surface area (Å²) in [6.07, 6.45) is 88.1. The topological polar surface area (TPSA) is 237 Å². The van der Waals surface area contributed by atoms with Crippen molar-refractivity contribution in [3.05, 3.63) is 158 Å². The number of rotatable bonds is 73. The zero-order valence-electron chi connectivity index (χ0n) is 64.6. The SMILES string of the molecule is CC/C=C\C/C=C\C/C=C\C/C=C\C/C=C\CCCC(=O)OCC(COP(=O)(O)OCC(O)COP(=O)(O)OCC(COC(=O)CCC/C=C\C/C=C\C/C=C\C/C=C\C/C=C\CC)OC(=O)CCCCCCCCCCCCCCC)OC(=O)CCCCCCCCC/C=C\C/C=C\C/C=C\CC. The Kier molecular flexibility index (Phi) is 72.0. The number of carbonyl (C=O) groups is 4. The van der Waals surface area contributed by atoms with Crippen LogP contribution in [0.3, 0.4) is 0 Å². The fourth-order valence-corrected chi connectivity index (χ4v) is 11.6. The highest BCUT2D eigenvalue weighted by atomic mass is 31.2. The predicted molar refractivity (Wildman–Crippen MR) is 427 cm³/mol. The van der Waals surface area contributed by atoms with Crippen molar-refractivity contribution in [2.24, 2.45) is 0 Å². The minimum Gasteiger partial charge on any atom is -0.462 e. The van der Waals surface area contributed by atoms with E-state index >= 15 is 0 Å². The average Bonchev–Trinajstić information content (AvgIpc) is 0.910. The van der Waals surface area contributed by atoms with Crippen LogP contribution in [0.15, 0.2) is 158 Å². The lowest BCUT2D eigenvalue weighted by atomic mass is 10.0. The summed E-state index contributed by atoms with van der Waals surface area (Å²) in [5, 5.41) is 10.6. The van der Waals surface area contributed by atoms with Crippen LogP contribution in [0.2, 0.25) is 0 Å². The van der Waals surface area contributed by atoms with Gasteiger partial charge in [-0.05, 0) is 135 Å². The van der Waals surface area contributed by atoms with E-state index in [0.717, 1.165) is 154 Å². The molecule has 3 N–H and O–H groups in total. The van der Waals surface area contributed by atoms with Gasteiger partial charge in [0.2, 0.25) is 0 Å². The molecule has 0 aliphatic heterocycles. The van der Waals surface area contributed by atoms with Gasteiger partial charge >= 0.3 is 39.5 Å². The molecular formula is C85H140O17P2. The van der Waals surface area contributed by atoms with Crippen molar-refractivity contribution in [1.82, 2.24) is 0 Å². The minimum absolute atomic E-state index is 0.0655. The molecule has 0 aromatic rings. The summed E-state index contributed by atoms with van der Waals surface area (Å²) in [4.78, 5) is 73.0. The molecular weight excluding hydrogens is 1350 g/mol. The molecule has 0 saturated carbocycles. The standard InChI is InChI=1S/C85H140O17P2/c1-5-9-13-17-21-25-29-33-36-39-42-46-49-53-57-61-65-69-82(87)95-75-80(101-84(89)71-67-63-59-55-51-45-32-28-24-20-16-12-8-4)77-99-103(91,92)97-73-79(86)74-98-104(93,94)100-78-81(102-85(90)72-68-64-60-56-52-48-44-41-38-35-31-27-23-19-15-11-7-3)76-96-83(88)70-66-62-58-54-50-47-43-40-37-34-30-26-22-18-14-10-6-2/h9-11,13-15,21-23,25-27,33-38,42-43,46-47,53-54,57-58,79-81,86H,5-8,12,16-20,24,28-32,39-41,44-45,48-52,55-56,59-78H2,1-4H3,(H,91,92)(H,93,94)/b13-9-,14-10-,15-11-,25-21-,26-22-,27-23-,36-33-,37-34-,38-35-,46-42-,47-43-,57-53-,58-54-. The quantitative estimate of drug-likeness (QED) is 0.0169. The number of unbranched alkanes of at least 4 members (excludes halogenated alkanes) is 21. The number of allylic oxidation sites excluding steroid dienone is 26. The van der Waals surface area contributed by atoms with E-state index in [-0.39, 0.29) is 25.7 Å². The molecule has 0 saturated heterocycles. The Morgan fingerprint density at radius 3 is 0.798 bits per heavy atom. The third-order valence-electron chi connectivity index (χ3n) is 16.0. The maximum Gasteiger partial charge on any atom is 0.472 e. The number of ether oxygens (including phenoxy) is 4. The molecule has 0 amide bonds. The highest BCUT2D eigenvalue weighted by molar-refractivity contribution is 7.47. The van der Waals surface area contributed by atoms with Crippen molar-refractivity contribution in [2.75, 3.05) is 39.6 Å². The molecule has 0 aromatic carbocycles. The Bertz CT molecular complexity index is 2590. The van der Waals surface area contributed by atoms with E-state index in [4.69, 9.17) is 37.0 Å². The summed E-state index contributed by atoms with van der Waals surface area (Å²) in [6, 6.07) is 0. The van der Waals surface area contributed by atoms with Gasteiger partial charge in [0.25, 0.3) is 0 Å². The molecule has 0 aliphatic carbocycles. The second kappa shape index (κ2) is 75.9. The molecule has 0 fully saturated rings. The van der Waals surface area contributed by atoms with E-state index in [2.05, 4.69) is 161 Å². The zero-order chi connectivity index (χ0) is 76.0. The molecule has 0 bridgehead atoms. The van der Waals surface area contributed by atoms with Gasteiger partial charge < -0.3 is 33.8 Å². The van der Waals surface area contributed by atoms with Gasteiger partial charge in [0.1, 0.15) is 19.3 Å². The number of aliphatic hydroxyl groups excluding tert-OH is 1. The molecule has 104 heavy (non-hydrogen) atoms. The first kappa shape index (κ1) is 98.7. The Labute approximate surface area is 629 Å². The van der Waals surface area contributed by atoms with Crippen LogP contribution >= 0.6 is 15.6 Å². The minimum atomic E-state index is -5.00.